The van der Waals surface area contributed by atoms with Crippen molar-refractivity contribution in [1.82, 2.24) is 5.32 Å². The Hall–Kier alpha value is -0.830. The lowest BCUT2D eigenvalue weighted by Gasteiger charge is -2.29. The van der Waals surface area contributed by atoms with Crippen molar-refractivity contribution < 1.29 is 9.59 Å². The number of ketones is 1. The number of rotatable bonds is 5. The van der Waals surface area contributed by atoms with Crippen molar-refractivity contribution in [1.29, 1.82) is 0 Å². The third-order valence-corrected chi connectivity index (χ3v) is 4.04. The third-order valence-electron chi connectivity index (χ3n) is 3.80. The SMILES string of the molecule is CCC(C)(NC(=O)C1=CC[C@@H](C)CC1)C(=O)CCl. The van der Waals surface area contributed by atoms with Crippen LogP contribution in [-0.4, -0.2) is 23.1 Å². The molecule has 0 radical (unpaired) electrons. The Bertz CT molecular complexity index is 365. The third kappa shape index (κ3) is 3.58. The molecule has 0 saturated carbocycles. The van der Waals surface area contributed by atoms with Crippen molar-refractivity contribution in [3.8, 4) is 0 Å². The molecule has 1 N–H and O–H groups in total. The van der Waals surface area contributed by atoms with Gasteiger partial charge >= 0.3 is 0 Å². The van der Waals surface area contributed by atoms with Crippen LogP contribution in [0.1, 0.15) is 46.5 Å². The van der Waals surface area contributed by atoms with Crippen molar-refractivity contribution in [2.75, 3.05) is 5.88 Å². The highest BCUT2D eigenvalue weighted by atomic mass is 35.5. The van der Waals surface area contributed by atoms with Gasteiger partial charge < -0.3 is 5.32 Å². The zero-order valence-corrected chi connectivity index (χ0v) is 12.1. The maximum atomic E-state index is 12.1. The molecule has 0 bridgehead atoms. The maximum Gasteiger partial charge on any atom is 0.247 e. The fourth-order valence-electron chi connectivity index (χ4n) is 2.01. The molecule has 4 heteroatoms. The number of halogens is 1. The van der Waals surface area contributed by atoms with Gasteiger partial charge in [0.2, 0.25) is 5.91 Å². The smallest absolute Gasteiger partial charge is 0.247 e. The Morgan fingerprint density at radius 3 is 2.67 bits per heavy atom. The molecule has 3 nitrogen and oxygen atoms in total. The van der Waals surface area contributed by atoms with Gasteiger partial charge in [0.15, 0.2) is 5.78 Å². The van der Waals surface area contributed by atoms with Gasteiger partial charge in [-0.05, 0) is 38.5 Å². The molecule has 1 aliphatic carbocycles. The number of carbonyl (C=O) groups excluding carboxylic acids is 2. The van der Waals surface area contributed by atoms with Crippen LogP contribution in [0.2, 0.25) is 0 Å². The normalized spacial score (nSPS) is 22.9. The van der Waals surface area contributed by atoms with E-state index >= 15 is 0 Å². The van der Waals surface area contributed by atoms with E-state index in [-0.39, 0.29) is 17.6 Å². The quantitative estimate of drug-likeness (QED) is 0.782. The monoisotopic (exact) mass is 271 g/mol. The Morgan fingerprint density at radius 2 is 2.22 bits per heavy atom. The second-order valence-electron chi connectivity index (χ2n) is 5.31. The summed E-state index contributed by atoms with van der Waals surface area (Å²) in [6.45, 7) is 5.79. The predicted octanol–water partition coefficient (Wildman–Crippen LogP) is 2.83. The van der Waals surface area contributed by atoms with Crippen LogP contribution in [0.25, 0.3) is 0 Å². The molecule has 1 unspecified atom stereocenters. The predicted molar refractivity (Wildman–Crippen MR) is 73.7 cm³/mol. The van der Waals surface area contributed by atoms with Gasteiger partial charge in [0.25, 0.3) is 0 Å². The minimum absolute atomic E-state index is 0.0687. The summed E-state index contributed by atoms with van der Waals surface area (Å²) < 4.78 is 0. The molecular weight excluding hydrogens is 250 g/mol. The minimum atomic E-state index is -0.845. The van der Waals surface area contributed by atoms with Gasteiger partial charge in [-0.1, -0.05) is 19.9 Å². The van der Waals surface area contributed by atoms with Crippen molar-refractivity contribution >= 4 is 23.3 Å². The lowest BCUT2D eigenvalue weighted by molar-refractivity contribution is -0.128. The number of hydrogen-bond acceptors (Lipinski definition) is 2. The summed E-state index contributed by atoms with van der Waals surface area (Å²) in [5.74, 6) is 0.318. The number of allylic oxidation sites excluding steroid dienone is 1. The number of hydrogen-bond donors (Lipinski definition) is 1. The maximum absolute atomic E-state index is 12.1. The van der Waals surface area contributed by atoms with E-state index in [2.05, 4.69) is 12.2 Å². The molecule has 18 heavy (non-hydrogen) atoms. The molecule has 0 heterocycles. The molecule has 0 aromatic rings. The summed E-state index contributed by atoms with van der Waals surface area (Å²) in [7, 11) is 0. The first-order valence-corrected chi connectivity index (χ1v) is 7.07. The van der Waals surface area contributed by atoms with Crippen LogP contribution in [0.3, 0.4) is 0 Å². The van der Waals surface area contributed by atoms with E-state index in [4.69, 9.17) is 11.6 Å². The zero-order valence-electron chi connectivity index (χ0n) is 11.4. The van der Waals surface area contributed by atoms with Crippen molar-refractivity contribution in [3.05, 3.63) is 11.6 Å². The van der Waals surface area contributed by atoms with Crippen LogP contribution in [0, 0.1) is 5.92 Å². The summed E-state index contributed by atoms with van der Waals surface area (Å²) >= 11 is 5.59. The van der Waals surface area contributed by atoms with Gasteiger partial charge in [0.05, 0.1) is 11.4 Å². The number of Topliss-reactive ketones (excluding diaryl/α,β-unsaturated/α-hetero) is 1. The topological polar surface area (TPSA) is 46.2 Å². The van der Waals surface area contributed by atoms with E-state index in [1.807, 2.05) is 13.0 Å². The van der Waals surface area contributed by atoms with Crippen LogP contribution >= 0.6 is 11.6 Å². The highest BCUT2D eigenvalue weighted by molar-refractivity contribution is 6.29. The van der Waals surface area contributed by atoms with Crippen LogP contribution < -0.4 is 5.32 Å². The molecule has 0 aromatic heterocycles. The molecule has 0 saturated heterocycles. The van der Waals surface area contributed by atoms with E-state index in [9.17, 15) is 9.59 Å². The molecule has 0 aromatic carbocycles. The van der Waals surface area contributed by atoms with E-state index in [0.29, 0.717) is 12.3 Å². The second-order valence-corrected chi connectivity index (χ2v) is 5.57. The van der Waals surface area contributed by atoms with Crippen molar-refractivity contribution in [3.63, 3.8) is 0 Å². The first kappa shape index (κ1) is 15.2. The van der Waals surface area contributed by atoms with E-state index in [1.165, 1.54) is 0 Å². The first-order valence-electron chi connectivity index (χ1n) is 6.53. The van der Waals surface area contributed by atoms with Gasteiger partial charge in [-0.15, -0.1) is 11.6 Å². The van der Waals surface area contributed by atoms with Crippen molar-refractivity contribution in [2.24, 2.45) is 5.92 Å². The molecular formula is C14H22ClNO2. The largest absolute Gasteiger partial charge is 0.340 e. The fraction of sp³-hybridized carbons (Fsp3) is 0.714. The first-order chi connectivity index (χ1) is 8.42. The Kier molecular flexibility index (Phi) is 5.39. The standard InChI is InChI=1S/C14H22ClNO2/c1-4-14(3,12(17)9-15)16-13(18)11-7-5-10(2)6-8-11/h7,10H,4-6,8-9H2,1-3H3,(H,16,18)/t10-,14?/m1/s1. The molecule has 0 spiro atoms. The summed E-state index contributed by atoms with van der Waals surface area (Å²) in [5.41, 5.74) is -0.0434. The van der Waals surface area contributed by atoms with E-state index < -0.39 is 5.54 Å². The average Bonchev–Trinajstić information content (AvgIpc) is 2.38. The number of amides is 1. The van der Waals surface area contributed by atoms with Gasteiger partial charge in [-0.2, -0.15) is 0 Å². The summed E-state index contributed by atoms with van der Waals surface area (Å²) in [6, 6.07) is 0. The summed E-state index contributed by atoms with van der Waals surface area (Å²) in [6.07, 6.45) is 5.31. The Morgan fingerprint density at radius 1 is 1.56 bits per heavy atom. The van der Waals surface area contributed by atoms with Crippen LogP contribution in [0.5, 0.6) is 0 Å². The Labute approximate surface area is 114 Å². The molecule has 102 valence electrons. The molecule has 0 fully saturated rings. The van der Waals surface area contributed by atoms with Crippen LogP contribution in [0.15, 0.2) is 11.6 Å². The lowest BCUT2D eigenvalue weighted by Crippen LogP contribution is -2.52. The zero-order chi connectivity index (χ0) is 13.8. The van der Waals surface area contributed by atoms with Crippen LogP contribution in [-0.2, 0) is 9.59 Å². The molecule has 1 rings (SSSR count). The van der Waals surface area contributed by atoms with Gasteiger partial charge in [-0.3, -0.25) is 9.59 Å². The van der Waals surface area contributed by atoms with Gasteiger partial charge in [-0.25, -0.2) is 0 Å². The van der Waals surface area contributed by atoms with Crippen LogP contribution in [0.4, 0.5) is 0 Å². The number of nitrogens with one attached hydrogen (secondary N) is 1. The van der Waals surface area contributed by atoms with Gasteiger partial charge in [0, 0.05) is 5.57 Å². The highest BCUT2D eigenvalue weighted by Gasteiger charge is 2.32. The second kappa shape index (κ2) is 6.37. The number of alkyl halides is 1. The van der Waals surface area contributed by atoms with E-state index in [1.54, 1.807) is 6.92 Å². The minimum Gasteiger partial charge on any atom is -0.340 e. The molecule has 1 amide bonds. The van der Waals surface area contributed by atoms with Gasteiger partial charge in [0.1, 0.15) is 0 Å². The molecule has 2 atom stereocenters. The molecule has 1 aliphatic rings. The highest BCUT2D eigenvalue weighted by Crippen LogP contribution is 2.24. The summed E-state index contributed by atoms with van der Waals surface area (Å²) in [4.78, 5) is 23.9. The molecule has 0 aliphatic heterocycles. The van der Waals surface area contributed by atoms with Crippen molar-refractivity contribution in [2.45, 2.75) is 52.0 Å². The van der Waals surface area contributed by atoms with E-state index in [0.717, 1.165) is 24.8 Å². The lowest BCUT2D eigenvalue weighted by atomic mass is 9.89. The Balaban J connectivity index is 2.71. The number of carbonyl (C=O) groups is 2. The fourth-order valence-corrected chi connectivity index (χ4v) is 2.30. The average molecular weight is 272 g/mol. The summed E-state index contributed by atoms with van der Waals surface area (Å²) in [5, 5.41) is 2.84.